The Kier molecular flexibility index (Phi) is 6.16. The minimum absolute atomic E-state index is 0.885. The molecule has 0 bridgehead atoms. The molecule has 2 heteroatoms. The van der Waals surface area contributed by atoms with Crippen molar-refractivity contribution < 1.29 is 0 Å². The first-order chi connectivity index (χ1) is 13.0. The van der Waals surface area contributed by atoms with Crippen LogP contribution in [0.4, 0.5) is 5.69 Å². The molecule has 0 N–H and O–H groups in total. The Morgan fingerprint density at radius 1 is 0.667 bits per heavy atom. The van der Waals surface area contributed by atoms with Gasteiger partial charge in [0.2, 0.25) is 0 Å². The maximum Gasteiger partial charge on any atom is 0.129 e. The van der Waals surface area contributed by atoms with E-state index in [9.17, 15) is 0 Å². The van der Waals surface area contributed by atoms with Crippen molar-refractivity contribution in [3.05, 3.63) is 102 Å². The summed E-state index contributed by atoms with van der Waals surface area (Å²) in [6, 6.07) is 30.0. The summed E-state index contributed by atoms with van der Waals surface area (Å²) in [6.07, 6.45) is 0. The SMILES string of the molecule is C[Si](C)(C)C#Cc1ccc(N(Cc2ccccc2)Cc2ccccc2)cc1. The van der Waals surface area contributed by atoms with Crippen molar-refractivity contribution in [1.82, 2.24) is 0 Å². The zero-order chi connectivity index (χ0) is 19.1. The first-order valence-electron chi connectivity index (χ1n) is 9.46. The van der Waals surface area contributed by atoms with Crippen LogP contribution in [0.2, 0.25) is 19.6 Å². The van der Waals surface area contributed by atoms with Crippen molar-refractivity contribution in [1.29, 1.82) is 0 Å². The van der Waals surface area contributed by atoms with Crippen molar-refractivity contribution >= 4 is 13.8 Å². The average Bonchev–Trinajstić information content (AvgIpc) is 2.67. The third-order valence-corrected chi connectivity index (χ3v) is 5.12. The van der Waals surface area contributed by atoms with E-state index in [-0.39, 0.29) is 0 Å². The zero-order valence-corrected chi connectivity index (χ0v) is 17.4. The van der Waals surface area contributed by atoms with Gasteiger partial charge in [-0.25, -0.2) is 0 Å². The van der Waals surface area contributed by atoms with E-state index in [1.807, 2.05) is 0 Å². The Bertz CT molecular complexity index is 856. The highest BCUT2D eigenvalue weighted by atomic mass is 28.3. The van der Waals surface area contributed by atoms with E-state index in [1.165, 1.54) is 16.8 Å². The molecule has 0 unspecified atom stereocenters. The van der Waals surface area contributed by atoms with Gasteiger partial charge in [0.1, 0.15) is 8.07 Å². The summed E-state index contributed by atoms with van der Waals surface area (Å²) in [7, 11) is -1.35. The molecule has 0 heterocycles. The summed E-state index contributed by atoms with van der Waals surface area (Å²) < 4.78 is 0. The first-order valence-corrected chi connectivity index (χ1v) is 13.0. The number of benzene rings is 3. The van der Waals surface area contributed by atoms with E-state index in [1.54, 1.807) is 0 Å². The largest absolute Gasteiger partial charge is 0.363 e. The van der Waals surface area contributed by atoms with Crippen LogP contribution in [0.3, 0.4) is 0 Å². The average molecular weight is 370 g/mol. The third-order valence-electron chi connectivity index (χ3n) is 4.25. The van der Waals surface area contributed by atoms with Crippen LogP contribution in [-0.4, -0.2) is 8.07 Å². The predicted molar refractivity (Wildman–Crippen MR) is 119 cm³/mol. The molecule has 0 fully saturated rings. The van der Waals surface area contributed by atoms with Crippen LogP contribution in [0.25, 0.3) is 0 Å². The van der Waals surface area contributed by atoms with Gasteiger partial charge in [0.25, 0.3) is 0 Å². The fraction of sp³-hybridized carbons (Fsp3) is 0.200. The summed E-state index contributed by atoms with van der Waals surface area (Å²) in [4.78, 5) is 2.42. The summed E-state index contributed by atoms with van der Waals surface area (Å²) >= 11 is 0. The van der Waals surface area contributed by atoms with Crippen LogP contribution in [0.15, 0.2) is 84.9 Å². The Labute approximate surface area is 164 Å². The topological polar surface area (TPSA) is 3.24 Å². The van der Waals surface area contributed by atoms with Crippen molar-refractivity contribution in [3.8, 4) is 11.5 Å². The molecule has 3 aromatic carbocycles. The second-order valence-corrected chi connectivity index (χ2v) is 12.6. The molecule has 0 aliphatic heterocycles. The van der Waals surface area contributed by atoms with Crippen molar-refractivity contribution in [3.63, 3.8) is 0 Å². The number of nitrogens with zero attached hydrogens (tertiary/aromatic N) is 1. The molecule has 136 valence electrons. The van der Waals surface area contributed by atoms with Crippen LogP contribution in [0.1, 0.15) is 16.7 Å². The lowest BCUT2D eigenvalue weighted by Crippen LogP contribution is -2.22. The minimum atomic E-state index is -1.35. The third kappa shape index (κ3) is 6.16. The van der Waals surface area contributed by atoms with Crippen LogP contribution < -0.4 is 4.90 Å². The molecule has 0 aliphatic rings. The molecule has 1 nitrogen and oxygen atoms in total. The van der Waals surface area contributed by atoms with Gasteiger partial charge in [0, 0.05) is 24.3 Å². The van der Waals surface area contributed by atoms with Gasteiger partial charge in [-0.1, -0.05) is 86.2 Å². The van der Waals surface area contributed by atoms with Gasteiger partial charge in [-0.2, -0.15) is 0 Å². The van der Waals surface area contributed by atoms with Gasteiger partial charge in [-0.15, -0.1) is 5.54 Å². The summed E-state index contributed by atoms with van der Waals surface area (Å²) in [5.74, 6) is 3.34. The van der Waals surface area contributed by atoms with Gasteiger partial charge < -0.3 is 4.90 Å². The maximum absolute atomic E-state index is 3.44. The van der Waals surface area contributed by atoms with Crippen LogP contribution >= 0.6 is 0 Å². The highest BCUT2D eigenvalue weighted by Crippen LogP contribution is 2.21. The smallest absolute Gasteiger partial charge is 0.129 e. The van der Waals surface area contributed by atoms with Crippen LogP contribution in [-0.2, 0) is 13.1 Å². The molecule has 3 aromatic rings. The normalized spacial score (nSPS) is 10.8. The summed E-state index contributed by atoms with van der Waals surface area (Å²) in [6.45, 7) is 8.59. The Hall–Kier alpha value is -2.76. The molecular formula is C25H27NSi. The van der Waals surface area contributed by atoms with E-state index in [2.05, 4.69) is 121 Å². The standard InChI is InChI=1S/C25H27NSi/c1-27(2,3)19-18-22-14-16-25(17-15-22)26(20-23-10-6-4-7-11-23)21-24-12-8-5-9-13-24/h4-17H,20-21H2,1-3H3. The predicted octanol–water partition coefficient (Wildman–Crippen LogP) is 6.12. The Balaban J connectivity index is 1.84. The highest BCUT2D eigenvalue weighted by Gasteiger charge is 2.10. The maximum atomic E-state index is 3.44. The molecule has 27 heavy (non-hydrogen) atoms. The van der Waals surface area contributed by atoms with Gasteiger partial charge in [0.15, 0.2) is 0 Å². The van der Waals surface area contributed by atoms with E-state index in [4.69, 9.17) is 0 Å². The first kappa shape index (κ1) is 19.0. The second kappa shape index (κ2) is 8.75. The second-order valence-electron chi connectivity index (χ2n) is 7.87. The number of hydrogen-bond donors (Lipinski definition) is 0. The van der Waals surface area contributed by atoms with Crippen molar-refractivity contribution in [2.24, 2.45) is 0 Å². The molecule has 0 spiro atoms. The van der Waals surface area contributed by atoms with E-state index in [0.29, 0.717) is 0 Å². The number of rotatable bonds is 5. The van der Waals surface area contributed by atoms with Gasteiger partial charge >= 0.3 is 0 Å². The molecule has 0 atom stereocenters. The Morgan fingerprint density at radius 2 is 1.15 bits per heavy atom. The zero-order valence-electron chi connectivity index (χ0n) is 16.4. The number of anilines is 1. The van der Waals surface area contributed by atoms with Gasteiger partial charge in [-0.3, -0.25) is 0 Å². The number of hydrogen-bond acceptors (Lipinski definition) is 1. The fourth-order valence-electron chi connectivity index (χ4n) is 2.86. The minimum Gasteiger partial charge on any atom is -0.363 e. The molecule has 0 amide bonds. The quantitative estimate of drug-likeness (QED) is 0.387. The lowest BCUT2D eigenvalue weighted by molar-refractivity contribution is 0.800. The molecule has 0 radical (unpaired) electrons. The van der Waals surface area contributed by atoms with Gasteiger partial charge in [0.05, 0.1) is 0 Å². The van der Waals surface area contributed by atoms with Crippen molar-refractivity contribution in [2.75, 3.05) is 4.90 Å². The molecule has 0 aromatic heterocycles. The monoisotopic (exact) mass is 369 g/mol. The molecule has 0 aliphatic carbocycles. The molecule has 0 saturated heterocycles. The molecule has 3 rings (SSSR count). The van der Waals surface area contributed by atoms with E-state index in [0.717, 1.165) is 18.7 Å². The van der Waals surface area contributed by atoms with Gasteiger partial charge in [-0.05, 0) is 35.4 Å². The lowest BCUT2D eigenvalue weighted by atomic mass is 10.1. The van der Waals surface area contributed by atoms with Crippen LogP contribution in [0.5, 0.6) is 0 Å². The molecular weight excluding hydrogens is 342 g/mol. The lowest BCUT2D eigenvalue weighted by Gasteiger charge is -2.25. The van der Waals surface area contributed by atoms with E-state index < -0.39 is 8.07 Å². The summed E-state index contributed by atoms with van der Waals surface area (Å²) in [5, 5.41) is 0. The summed E-state index contributed by atoms with van der Waals surface area (Å²) in [5.41, 5.74) is 8.39. The van der Waals surface area contributed by atoms with Crippen LogP contribution in [0, 0.1) is 11.5 Å². The molecule has 0 saturated carbocycles. The van der Waals surface area contributed by atoms with E-state index >= 15 is 0 Å². The Morgan fingerprint density at radius 3 is 1.59 bits per heavy atom. The fourth-order valence-corrected chi connectivity index (χ4v) is 3.38. The highest BCUT2D eigenvalue weighted by molar-refractivity contribution is 6.83. The van der Waals surface area contributed by atoms with Crippen molar-refractivity contribution in [2.45, 2.75) is 32.7 Å².